The number of nitrogens with one attached hydrogen (secondary N) is 1. The Morgan fingerprint density at radius 2 is 1.96 bits per heavy atom. The van der Waals surface area contributed by atoms with Crippen molar-refractivity contribution in [2.75, 3.05) is 5.75 Å². The second-order valence-electron chi connectivity index (χ2n) is 4.88. The number of hydrogen-bond acceptors (Lipinski definition) is 5. The molecular weight excluding hydrogens is 326 g/mol. The third-order valence-corrected chi connectivity index (χ3v) is 4.31. The van der Waals surface area contributed by atoms with E-state index in [4.69, 9.17) is 5.26 Å². The van der Waals surface area contributed by atoms with E-state index in [1.165, 1.54) is 36.3 Å². The molecule has 0 unspecified atom stereocenters. The predicted octanol–water partition coefficient (Wildman–Crippen LogP) is 2.07. The average Bonchev–Trinajstić information content (AvgIpc) is 2.61. The van der Waals surface area contributed by atoms with Gasteiger partial charge in [-0.15, -0.1) is 0 Å². The van der Waals surface area contributed by atoms with Gasteiger partial charge in [-0.25, -0.2) is 4.79 Å². The number of hydrogen-bond donors (Lipinski definition) is 2. The van der Waals surface area contributed by atoms with Crippen LogP contribution in [0.3, 0.4) is 0 Å². The van der Waals surface area contributed by atoms with Crippen molar-refractivity contribution in [2.45, 2.75) is 11.8 Å². The molecule has 1 amide bonds. The van der Waals surface area contributed by atoms with Gasteiger partial charge in [0.05, 0.1) is 11.6 Å². The fourth-order valence-electron chi connectivity index (χ4n) is 1.96. The summed E-state index contributed by atoms with van der Waals surface area (Å²) >= 11 is 1.35. The lowest BCUT2D eigenvalue weighted by Gasteiger charge is -2.14. The molecule has 0 saturated carbocycles. The highest BCUT2D eigenvalue weighted by molar-refractivity contribution is 7.98. The van der Waals surface area contributed by atoms with Gasteiger partial charge < -0.3 is 10.4 Å². The first-order chi connectivity index (χ1) is 11.6. The van der Waals surface area contributed by atoms with Gasteiger partial charge in [-0.1, -0.05) is 18.2 Å². The number of carboxylic acids is 1. The Hall–Kier alpha value is -2.85. The van der Waals surface area contributed by atoms with Crippen LogP contribution in [-0.4, -0.2) is 33.8 Å². The molecule has 1 aromatic carbocycles. The third-order valence-electron chi connectivity index (χ3n) is 3.23. The Labute approximate surface area is 143 Å². The van der Waals surface area contributed by atoms with Gasteiger partial charge in [-0.3, -0.25) is 9.78 Å². The predicted molar refractivity (Wildman–Crippen MR) is 90.4 cm³/mol. The molecule has 0 bridgehead atoms. The van der Waals surface area contributed by atoms with E-state index >= 15 is 0 Å². The Balaban J connectivity index is 1.93. The van der Waals surface area contributed by atoms with E-state index in [1.54, 1.807) is 12.1 Å². The molecule has 0 aliphatic heterocycles. The van der Waals surface area contributed by atoms with Crippen molar-refractivity contribution in [1.82, 2.24) is 10.3 Å². The van der Waals surface area contributed by atoms with Gasteiger partial charge in [0.1, 0.15) is 6.04 Å². The minimum atomic E-state index is -1.10. The fourth-order valence-corrected chi connectivity index (χ4v) is 3.01. The lowest BCUT2D eigenvalue weighted by molar-refractivity contribution is -0.138. The zero-order valence-corrected chi connectivity index (χ0v) is 13.5. The normalized spacial score (nSPS) is 11.3. The van der Waals surface area contributed by atoms with Crippen molar-refractivity contribution in [2.24, 2.45) is 0 Å². The SMILES string of the molecule is N#Cc1ccccc1CSC[C@H](NC(=O)c1ccncc1)C(=O)O. The first kappa shape index (κ1) is 17.5. The number of carbonyl (C=O) groups is 2. The molecule has 2 rings (SSSR count). The standard InChI is InChI=1S/C17H15N3O3S/c18-9-13-3-1-2-4-14(13)10-24-11-15(17(22)23)20-16(21)12-5-7-19-8-6-12/h1-8,15H,10-11H2,(H,20,21)(H,22,23)/t15-/m0/s1. The summed E-state index contributed by atoms with van der Waals surface area (Å²) in [5.74, 6) is -0.855. The van der Waals surface area contributed by atoms with Crippen molar-refractivity contribution in [3.05, 3.63) is 65.5 Å². The maximum atomic E-state index is 12.0. The Bertz CT molecular complexity index is 759. The number of carboxylic acid groups (broad SMARTS) is 1. The van der Waals surface area contributed by atoms with Gasteiger partial charge in [-0.2, -0.15) is 17.0 Å². The number of amides is 1. The van der Waals surface area contributed by atoms with Crippen LogP contribution >= 0.6 is 11.8 Å². The van der Waals surface area contributed by atoms with Gasteiger partial charge in [-0.05, 0) is 23.8 Å². The smallest absolute Gasteiger partial charge is 0.327 e. The van der Waals surface area contributed by atoms with Gasteiger partial charge in [0.15, 0.2) is 0 Å². The molecule has 24 heavy (non-hydrogen) atoms. The number of benzene rings is 1. The molecule has 0 spiro atoms. The summed E-state index contributed by atoms with van der Waals surface area (Å²) < 4.78 is 0. The molecule has 7 heteroatoms. The summed E-state index contributed by atoms with van der Waals surface area (Å²) in [5, 5.41) is 20.8. The molecular formula is C17H15N3O3S. The van der Waals surface area contributed by atoms with Crippen LogP contribution in [0.25, 0.3) is 0 Å². The van der Waals surface area contributed by atoms with Crippen molar-refractivity contribution in [3.63, 3.8) is 0 Å². The van der Waals surface area contributed by atoms with Gasteiger partial charge in [0, 0.05) is 29.5 Å². The highest BCUT2D eigenvalue weighted by Gasteiger charge is 2.20. The molecule has 0 saturated heterocycles. The largest absolute Gasteiger partial charge is 0.480 e. The lowest BCUT2D eigenvalue weighted by Crippen LogP contribution is -2.42. The number of aromatic nitrogens is 1. The number of rotatable bonds is 7. The second kappa shape index (κ2) is 8.70. The maximum absolute atomic E-state index is 12.0. The molecule has 2 N–H and O–H groups in total. The molecule has 0 fully saturated rings. The van der Waals surface area contributed by atoms with Crippen molar-refractivity contribution >= 4 is 23.6 Å². The highest BCUT2D eigenvalue weighted by atomic mass is 32.2. The van der Waals surface area contributed by atoms with E-state index in [-0.39, 0.29) is 5.75 Å². The molecule has 2 aromatic rings. The molecule has 0 aliphatic rings. The van der Waals surface area contributed by atoms with Gasteiger partial charge in [0.25, 0.3) is 5.91 Å². The van der Waals surface area contributed by atoms with Crippen LogP contribution in [0.5, 0.6) is 0 Å². The van der Waals surface area contributed by atoms with Crippen LogP contribution in [0.15, 0.2) is 48.8 Å². The maximum Gasteiger partial charge on any atom is 0.327 e. The van der Waals surface area contributed by atoms with Crippen LogP contribution in [-0.2, 0) is 10.5 Å². The second-order valence-corrected chi connectivity index (χ2v) is 5.91. The first-order valence-electron chi connectivity index (χ1n) is 7.11. The Kier molecular flexibility index (Phi) is 6.34. The minimum Gasteiger partial charge on any atom is -0.480 e. The summed E-state index contributed by atoms with van der Waals surface area (Å²) in [6.45, 7) is 0. The molecule has 0 radical (unpaired) electrons. The van der Waals surface area contributed by atoms with Crippen molar-refractivity contribution in [3.8, 4) is 6.07 Å². The number of thioether (sulfide) groups is 1. The number of nitrogens with zero attached hydrogens (tertiary/aromatic N) is 2. The zero-order chi connectivity index (χ0) is 17.4. The van der Waals surface area contributed by atoms with E-state index in [2.05, 4.69) is 16.4 Å². The van der Waals surface area contributed by atoms with E-state index < -0.39 is 17.9 Å². The third kappa shape index (κ3) is 4.83. The molecule has 122 valence electrons. The zero-order valence-electron chi connectivity index (χ0n) is 12.7. The number of aliphatic carboxylic acids is 1. The first-order valence-corrected chi connectivity index (χ1v) is 8.26. The quantitative estimate of drug-likeness (QED) is 0.799. The van der Waals surface area contributed by atoms with Gasteiger partial charge in [0.2, 0.25) is 0 Å². The van der Waals surface area contributed by atoms with E-state index in [9.17, 15) is 14.7 Å². The summed E-state index contributed by atoms with van der Waals surface area (Å²) in [6.07, 6.45) is 2.94. The van der Waals surface area contributed by atoms with E-state index in [1.807, 2.05) is 12.1 Å². The fraction of sp³-hybridized carbons (Fsp3) is 0.176. The Morgan fingerprint density at radius 1 is 1.25 bits per heavy atom. The minimum absolute atomic E-state index is 0.200. The number of nitriles is 1. The van der Waals surface area contributed by atoms with Gasteiger partial charge >= 0.3 is 5.97 Å². The van der Waals surface area contributed by atoms with E-state index in [0.29, 0.717) is 16.9 Å². The highest BCUT2D eigenvalue weighted by Crippen LogP contribution is 2.17. The summed E-state index contributed by atoms with van der Waals surface area (Å²) in [7, 11) is 0. The summed E-state index contributed by atoms with van der Waals surface area (Å²) in [5.41, 5.74) is 1.77. The topological polar surface area (TPSA) is 103 Å². The lowest BCUT2D eigenvalue weighted by atomic mass is 10.1. The van der Waals surface area contributed by atoms with Crippen LogP contribution < -0.4 is 5.32 Å². The van der Waals surface area contributed by atoms with Crippen LogP contribution in [0, 0.1) is 11.3 Å². The number of carbonyl (C=O) groups excluding carboxylic acids is 1. The summed E-state index contributed by atoms with van der Waals surface area (Å²) in [6, 6.07) is 11.3. The number of pyridine rings is 1. The average molecular weight is 341 g/mol. The molecule has 1 heterocycles. The molecule has 1 aromatic heterocycles. The molecule has 1 atom stereocenters. The Morgan fingerprint density at radius 3 is 2.62 bits per heavy atom. The van der Waals surface area contributed by atoms with E-state index in [0.717, 1.165) is 5.56 Å². The van der Waals surface area contributed by atoms with Crippen LogP contribution in [0.1, 0.15) is 21.5 Å². The summed E-state index contributed by atoms with van der Waals surface area (Å²) in [4.78, 5) is 27.2. The molecule has 0 aliphatic carbocycles. The molecule has 6 nitrogen and oxygen atoms in total. The van der Waals surface area contributed by atoms with Crippen molar-refractivity contribution in [1.29, 1.82) is 5.26 Å². The van der Waals surface area contributed by atoms with Crippen LogP contribution in [0.2, 0.25) is 0 Å². The van der Waals surface area contributed by atoms with Crippen LogP contribution in [0.4, 0.5) is 0 Å². The van der Waals surface area contributed by atoms with Crippen molar-refractivity contribution < 1.29 is 14.7 Å². The monoisotopic (exact) mass is 341 g/mol.